The molecule has 1 atom stereocenters. The summed E-state index contributed by atoms with van der Waals surface area (Å²) in [7, 11) is 1.98. The van der Waals surface area contributed by atoms with E-state index in [2.05, 4.69) is 42.6 Å². The van der Waals surface area contributed by atoms with E-state index in [1.54, 1.807) is 6.07 Å². The van der Waals surface area contributed by atoms with Crippen LogP contribution in [0.5, 0.6) is 5.75 Å². The monoisotopic (exact) mass is 255 g/mol. The summed E-state index contributed by atoms with van der Waals surface area (Å²) in [5.74, 6) is 0.762. The van der Waals surface area contributed by atoms with Crippen LogP contribution in [0.1, 0.15) is 22.6 Å². The predicted molar refractivity (Wildman–Crippen MR) is 79.7 cm³/mol. The van der Waals surface area contributed by atoms with Crippen LogP contribution in [0.3, 0.4) is 0 Å². The molecule has 0 saturated carbocycles. The fourth-order valence-electron chi connectivity index (χ4n) is 2.55. The smallest absolute Gasteiger partial charge is 0.115 e. The molecule has 2 aromatic rings. The van der Waals surface area contributed by atoms with Crippen LogP contribution < -0.4 is 5.32 Å². The molecule has 2 rings (SSSR count). The standard InChI is InChI=1S/C17H21NO/c1-13-6-3-4-9-17(13)15(12-18-2)10-14-7-5-8-16(19)11-14/h3-9,11,15,18-19H,10,12H2,1-2H3. The van der Waals surface area contributed by atoms with Gasteiger partial charge in [-0.05, 0) is 49.2 Å². The SMILES string of the molecule is CNCC(Cc1cccc(O)c1)c1ccccc1C. The van der Waals surface area contributed by atoms with E-state index in [-0.39, 0.29) is 0 Å². The third kappa shape index (κ3) is 3.58. The van der Waals surface area contributed by atoms with Crippen LogP contribution in [0, 0.1) is 6.92 Å². The molecule has 2 N–H and O–H groups in total. The number of likely N-dealkylation sites (N-methyl/N-ethyl adjacent to an activating group) is 1. The Morgan fingerprint density at radius 1 is 1.11 bits per heavy atom. The highest BCUT2D eigenvalue weighted by atomic mass is 16.3. The maximum atomic E-state index is 9.57. The first-order valence-corrected chi connectivity index (χ1v) is 6.68. The van der Waals surface area contributed by atoms with E-state index in [0.717, 1.165) is 13.0 Å². The van der Waals surface area contributed by atoms with Crippen molar-refractivity contribution in [3.63, 3.8) is 0 Å². The van der Waals surface area contributed by atoms with Gasteiger partial charge in [-0.1, -0.05) is 36.4 Å². The van der Waals surface area contributed by atoms with Crippen LogP contribution in [0.4, 0.5) is 0 Å². The minimum Gasteiger partial charge on any atom is -0.508 e. The molecule has 0 heterocycles. The minimum atomic E-state index is 0.338. The molecule has 0 fully saturated rings. The van der Waals surface area contributed by atoms with E-state index in [1.165, 1.54) is 16.7 Å². The molecule has 0 aliphatic carbocycles. The minimum absolute atomic E-state index is 0.338. The van der Waals surface area contributed by atoms with Crippen molar-refractivity contribution in [1.29, 1.82) is 0 Å². The van der Waals surface area contributed by atoms with Gasteiger partial charge in [0.05, 0.1) is 0 Å². The first kappa shape index (κ1) is 13.6. The molecular weight excluding hydrogens is 234 g/mol. The summed E-state index contributed by atoms with van der Waals surface area (Å²) in [4.78, 5) is 0. The molecule has 0 bridgehead atoms. The maximum Gasteiger partial charge on any atom is 0.115 e. The molecule has 100 valence electrons. The lowest BCUT2D eigenvalue weighted by atomic mass is 9.89. The van der Waals surface area contributed by atoms with Crippen molar-refractivity contribution in [3.8, 4) is 5.75 Å². The average Bonchev–Trinajstić information content (AvgIpc) is 2.39. The van der Waals surface area contributed by atoms with Gasteiger partial charge in [0.2, 0.25) is 0 Å². The first-order chi connectivity index (χ1) is 9.20. The topological polar surface area (TPSA) is 32.3 Å². The van der Waals surface area contributed by atoms with Gasteiger partial charge in [0, 0.05) is 12.5 Å². The zero-order chi connectivity index (χ0) is 13.7. The van der Waals surface area contributed by atoms with Crippen LogP contribution in [-0.2, 0) is 6.42 Å². The number of phenols is 1. The van der Waals surface area contributed by atoms with E-state index < -0.39 is 0 Å². The molecule has 0 saturated heterocycles. The third-order valence-electron chi connectivity index (χ3n) is 3.47. The van der Waals surface area contributed by atoms with Gasteiger partial charge in [-0.15, -0.1) is 0 Å². The summed E-state index contributed by atoms with van der Waals surface area (Å²) in [6.45, 7) is 3.08. The molecule has 2 nitrogen and oxygen atoms in total. The molecule has 2 heteroatoms. The molecule has 0 aliphatic rings. The van der Waals surface area contributed by atoms with Crippen molar-refractivity contribution in [2.24, 2.45) is 0 Å². The Bertz CT molecular complexity index is 536. The highest BCUT2D eigenvalue weighted by Gasteiger charge is 2.13. The molecule has 0 aromatic heterocycles. The maximum absolute atomic E-state index is 9.57. The second-order valence-corrected chi connectivity index (χ2v) is 4.99. The van der Waals surface area contributed by atoms with Crippen LogP contribution in [0.2, 0.25) is 0 Å². The van der Waals surface area contributed by atoms with Gasteiger partial charge in [-0.2, -0.15) is 0 Å². The van der Waals surface area contributed by atoms with Gasteiger partial charge < -0.3 is 10.4 Å². The number of rotatable bonds is 5. The second-order valence-electron chi connectivity index (χ2n) is 4.99. The predicted octanol–water partition coefficient (Wildman–Crippen LogP) is 3.25. The largest absolute Gasteiger partial charge is 0.508 e. The van der Waals surface area contributed by atoms with Gasteiger partial charge in [-0.3, -0.25) is 0 Å². The number of hydrogen-bond donors (Lipinski definition) is 2. The molecule has 2 aromatic carbocycles. The Hall–Kier alpha value is -1.80. The van der Waals surface area contributed by atoms with Crippen LogP contribution in [0.25, 0.3) is 0 Å². The fraction of sp³-hybridized carbons (Fsp3) is 0.294. The molecular formula is C17H21NO. The van der Waals surface area contributed by atoms with Crippen molar-refractivity contribution >= 4 is 0 Å². The number of aromatic hydroxyl groups is 1. The van der Waals surface area contributed by atoms with E-state index in [0.29, 0.717) is 11.7 Å². The molecule has 0 amide bonds. The highest BCUT2D eigenvalue weighted by molar-refractivity contribution is 5.33. The number of aryl methyl sites for hydroxylation is 1. The van der Waals surface area contributed by atoms with E-state index >= 15 is 0 Å². The van der Waals surface area contributed by atoms with Gasteiger partial charge in [0.1, 0.15) is 5.75 Å². The van der Waals surface area contributed by atoms with Crippen molar-refractivity contribution in [2.45, 2.75) is 19.3 Å². The van der Waals surface area contributed by atoms with E-state index in [4.69, 9.17) is 0 Å². The quantitative estimate of drug-likeness (QED) is 0.859. The van der Waals surface area contributed by atoms with Crippen LogP contribution in [0.15, 0.2) is 48.5 Å². The lowest BCUT2D eigenvalue weighted by Gasteiger charge is -2.19. The van der Waals surface area contributed by atoms with Crippen molar-refractivity contribution < 1.29 is 5.11 Å². The van der Waals surface area contributed by atoms with Gasteiger partial charge in [0.25, 0.3) is 0 Å². The molecule has 0 spiro atoms. The van der Waals surface area contributed by atoms with E-state index in [1.807, 2.05) is 19.2 Å². The van der Waals surface area contributed by atoms with Crippen molar-refractivity contribution in [3.05, 3.63) is 65.2 Å². The van der Waals surface area contributed by atoms with E-state index in [9.17, 15) is 5.11 Å². The number of nitrogens with one attached hydrogen (secondary N) is 1. The van der Waals surface area contributed by atoms with Gasteiger partial charge in [-0.25, -0.2) is 0 Å². The summed E-state index contributed by atoms with van der Waals surface area (Å²) in [6, 6.07) is 16.0. The van der Waals surface area contributed by atoms with Crippen LogP contribution >= 0.6 is 0 Å². The van der Waals surface area contributed by atoms with Gasteiger partial charge >= 0.3 is 0 Å². The number of phenolic OH excluding ortho intramolecular Hbond substituents is 1. The summed E-state index contributed by atoms with van der Waals surface area (Å²) >= 11 is 0. The number of benzene rings is 2. The van der Waals surface area contributed by atoms with Gasteiger partial charge in [0.15, 0.2) is 0 Å². The van der Waals surface area contributed by atoms with Crippen LogP contribution in [-0.4, -0.2) is 18.7 Å². The average molecular weight is 255 g/mol. The molecule has 1 unspecified atom stereocenters. The summed E-state index contributed by atoms with van der Waals surface area (Å²) in [5, 5.41) is 12.8. The summed E-state index contributed by atoms with van der Waals surface area (Å²) in [5.41, 5.74) is 3.87. The Morgan fingerprint density at radius 2 is 1.89 bits per heavy atom. The normalized spacial score (nSPS) is 12.3. The Kier molecular flexibility index (Phi) is 4.58. The zero-order valence-corrected chi connectivity index (χ0v) is 11.6. The first-order valence-electron chi connectivity index (χ1n) is 6.68. The van der Waals surface area contributed by atoms with Crippen molar-refractivity contribution in [1.82, 2.24) is 5.32 Å². The Morgan fingerprint density at radius 3 is 2.58 bits per heavy atom. The Balaban J connectivity index is 2.24. The summed E-state index contributed by atoms with van der Waals surface area (Å²) in [6.07, 6.45) is 0.931. The lowest BCUT2D eigenvalue weighted by molar-refractivity contribution is 0.474. The fourth-order valence-corrected chi connectivity index (χ4v) is 2.55. The lowest BCUT2D eigenvalue weighted by Crippen LogP contribution is -2.19. The number of hydrogen-bond acceptors (Lipinski definition) is 2. The molecule has 19 heavy (non-hydrogen) atoms. The highest BCUT2D eigenvalue weighted by Crippen LogP contribution is 2.24. The molecule has 0 radical (unpaired) electrons. The summed E-state index contributed by atoms with van der Waals surface area (Å²) < 4.78 is 0. The Labute approximate surface area is 115 Å². The zero-order valence-electron chi connectivity index (χ0n) is 11.6. The second kappa shape index (κ2) is 6.39. The third-order valence-corrected chi connectivity index (χ3v) is 3.47. The molecule has 0 aliphatic heterocycles. The van der Waals surface area contributed by atoms with Crippen molar-refractivity contribution in [2.75, 3.05) is 13.6 Å².